The molecule has 0 spiro atoms. The van der Waals surface area contributed by atoms with Crippen molar-refractivity contribution in [3.05, 3.63) is 29.8 Å². The Bertz CT molecular complexity index is 414. The van der Waals surface area contributed by atoms with Crippen LogP contribution >= 0.6 is 0 Å². The van der Waals surface area contributed by atoms with Crippen molar-refractivity contribution in [3.63, 3.8) is 0 Å². The topological polar surface area (TPSA) is 54.0 Å². The van der Waals surface area contributed by atoms with E-state index in [1.165, 1.54) is 6.92 Å². The number of hydrogen-bond acceptors (Lipinski definition) is 5. The van der Waals surface area contributed by atoms with Crippen LogP contribution in [0.1, 0.15) is 25.2 Å². The number of carbonyl (C=O) groups is 1. The lowest BCUT2D eigenvalue weighted by molar-refractivity contribution is -0.227. The molecule has 0 radical (unpaired) electrons. The highest BCUT2D eigenvalue weighted by molar-refractivity contribution is 5.65. The van der Waals surface area contributed by atoms with Crippen LogP contribution in [-0.4, -0.2) is 32.4 Å². The average molecular weight is 266 g/mol. The molecule has 0 amide bonds. The van der Waals surface area contributed by atoms with Crippen LogP contribution in [0.4, 0.5) is 0 Å². The van der Waals surface area contributed by atoms with Crippen LogP contribution in [-0.2, 0) is 19.0 Å². The number of ether oxygens (including phenoxy) is 4. The number of benzene rings is 1. The third-order valence-corrected chi connectivity index (χ3v) is 2.89. The molecular weight excluding hydrogens is 248 g/mol. The summed E-state index contributed by atoms with van der Waals surface area (Å²) in [7, 11) is 1.62. The lowest BCUT2D eigenvalue weighted by atomic mass is 10.2. The Hall–Kier alpha value is -1.59. The molecule has 0 saturated carbocycles. The van der Waals surface area contributed by atoms with Gasteiger partial charge < -0.3 is 18.9 Å². The average Bonchev–Trinajstić information content (AvgIpc) is 2.45. The molecule has 2 atom stereocenters. The van der Waals surface area contributed by atoms with Crippen LogP contribution in [0.5, 0.6) is 5.75 Å². The van der Waals surface area contributed by atoms with Crippen molar-refractivity contribution in [3.8, 4) is 5.75 Å². The third-order valence-electron chi connectivity index (χ3n) is 2.89. The number of carbonyl (C=O) groups excluding carboxylic acids is 1. The van der Waals surface area contributed by atoms with Crippen molar-refractivity contribution in [2.24, 2.45) is 0 Å². The lowest BCUT2D eigenvalue weighted by Crippen LogP contribution is -2.31. The summed E-state index contributed by atoms with van der Waals surface area (Å²) in [5, 5.41) is 0. The summed E-state index contributed by atoms with van der Waals surface area (Å²) in [5.74, 6) is 0.493. The van der Waals surface area contributed by atoms with Crippen molar-refractivity contribution in [1.29, 1.82) is 0 Å². The Balaban J connectivity index is 1.94. The van der Waals surface area contributed by atoms with Crippen LogP contribution < -0.4 is 4.74 Å². The molecule has 1 aliphatic rings. The van der Waals surface area contributed by atoms with Gasteiger partial charge in [-0.25, -0.2) is 0 Å². The predicted molar refractivity (Wildman–Crippen MR) is 67.8 cm³/mol. The molecule has 1 aromatic rings. The minimum Gasteiger partial charge on any atom is -0.497 e. The highest BCUT2D eigenvalue weighted by Crippen LogP contribution is 2.27. The Kier molecular flexibility index (Phi) is 4.76. The summed E-state index contributed by atoms with van der Waals surface area (Å²) in [6.45, 7) is 2.24. The van der Waals surface area contributed by atoms with Gasteiger partial charge in [0.2, 0.25) is 0 Å². The largest absolute Gasteiger partial charge is 0.497 e. The van der Waals surface area contributed by atoms with Gasteiger partial charge in [0.15, 0.2) is 6.29 Å². The molecule has 5 heteroatoms. The first-order chi connectivity index (χ1) is 9.19. The maximum atomic E-state index is 10.8. The van der Waals surface area contributed by atoms with Crippen LogP contribution in [0.3, 0.4) is 0 Å². The van der Waals surface area contributed by atoms with Crippen molar-refractivity contribution >= 4 is 5.97 Å². The SMILES string of the molecule is COc1ccc([C@@H]2OCC[C@H](COC(C)=O)O2)cc1. The molecular formula is C14H18O5. The molecule has 0 aromatic heterocycles. The van der Waals surface area contributed by atoms with Gasteiger partial charge in [-0.3, -0.25) is 4.79 Å². The number of rotatable bonds is 4. The second-order valence-corrected chi connectivity index (χ2v) is 4.33. The zero-order valence-electron chi connectivity index (χ0n) is 11.1. The van der Waals surface area contributed by atoms with E-state index in [0.29, 0.717) is 6.61 Å². The van der Waals surface area contributed by atoms with Gasteiger partial charge in [-0.2, -0.15) is 0 Å². The molecule has 1 saturated heterocycles. The van der Waals surface area contributed by atoms with Gasteiger partial charge in [0.05, 0.1) is 19.8 Å². The van der Waals surface area contributed by atoms with Crippen LogP contribution in [0.15, 0.2) is 24.3 Å². The Morgan fingerprint density at radius 3 is 2.74 bits per heavy atom. The summed E-state index contributed by atoms with van der Waals surface area (Å²) >= 11 is 0. The van der Waals surface area contributed by atoms with E-state index in [2.05, 4.69) is 0 Å². The van der Waals surface area contributed by atoms with E-state index < -0.39 is 6.29 Å². The second kappa shape index (κ2) is 6.54. The van der Waals surface area contributed by atoms with Crippen molar-refractivity contribution in [2.45, 2.75) is 25.7 Å². The van der Waals surface area contributed by atoms with Gasteiger partial charge in [-0.15, -0.1) is 0 Å². The number of hydrogen-bond donors (Lipinski definition) is 0. The maximum absolute atomic E-state index is 10.8. The Morgan fingerprint density at radius 1 is 1.37 bits per heavy atom. The summed E-state index contributed by atoms with van der Waals surface area (Å²) in [6.07, 6.45) is 0.185. The Morgan fingerprint density at radius 2 is 2.11 bits per heavy atom. The molecule has 1 heterocycles. The van der Waals surface area contributed by atoms with E-state index in [4.69, 9.17) is 18.9 Å². The molecule has 2 rings (SSSR count). The van der Waals surface area contributed by atoms with Gasteiger partial charge in [0.25, 0.3) is 0 Å². The lowest BCUT2D eigenvalue weighted by Gasteiger charge is -2.30. The number of esters is 1. The molecule has 0 aliphatic carbocycles. The first kappa shape index (κ1) is 13.8. The van der Waals surface area contributed by atoms with E-state index in [1.54, 1.807) is 7.11 Å². The van der Waals surface area contributed by atoms with Crippen LogP contribution in [0.25, 0.3) is 0 Å². The van der Waals surface area contributed by atoms with E-state index in [1.807, 2.05) is 24.3 Å². The number of methoxy groups -OCH3 is 1. The molecule has 0 unspecified atom stereocenters. The highest BCUT2D eigenvalue weighted by Gasteiger charge is 2.25. The molecule has 19 heavy (non-hydrogen) atoms. The standard InChI is InChI=1S/C14H18O5/c1-10(15)18-9-13-7-8-17-14(19-13)11-3-5-12(16-2)6-4-11/h3-6,13-14H,7-9H2,1-2H3/t13-,14-/m1/s1. The third kappa shape index (κ3) is 3.94. The van der Waals surface area contributed by atoms with Gasteiger partial charge in [-0.05, 0) is 12.1 Å². The van der Waals surface area contributed by atoms with Crippen molar-refractivity contribution < 1.29 is 23.7 Å². The second-order valence-electron chi connectivity index (χ2n) is 4.33. The van der Waals surface area contributed by atoms with Crippen LogP contribution in [0, 0.1) is 0 Å². The minimum absolute atomic E-state index is 0.121. The van der Waals surface area contributed by atoms with Crippen molar-refractivity contribution in [1.82, 2.24) is 0 Å². The quantitative estimate of drug-likeness (QED) is 0.781. The first-order valence-corrected chi connectivity index (χ1v) is 6.23. The van der Waals surface area contributed by atoms with Gasteiger partial charge >= 0.3 is 5.97 Å². The van der Waals surface area contributed by atoms with Crippen LogP contribution in [0.2, 0.25) is 0 Å². The molecule has 1 fully saturated rings. The summed E-state index contributed by atoms with van der Waals surface area (Å²) in [5.41, 5.74) is 0.924. The summed E-state index contributed by atoms with van der Waals surface area (Å²) in [6, 6.07) is 7.52. The van der Waals surface area contributed by atoms with E-state index >= 15 is 0 Å². The van der Waals surface area contributed by atoms with Gasteiger partial charge in [0.1, 0.15) is 12.4 Å². The van der Waals surface area contributed by atoms with Gasteiger partial charge in [-0.1, -0.05) is 12.1 Å². The smallest absolute Gasteiger partial charge is 0.302 e. The molecule has 104 valence electrons. The molecule has 1 aliphatic heterocycles. The molecule has 1 aromatic carbocycles. The zero-order valence-corrected chi connectivity index (χ0v) is 11.1. The molecule has 0 N–H and O–H groups in total. The minimum atomic E-state index is -0.416. The van der Waals surface area contributed by atoms with E-state index in [-0.39, 0.29) is 18.7 Å². The van der Waals surface area contributed by atoms with Crippen molar-refractivity contribution in [2.75, 3.05) is 20.3 Å². The Labute approximate surface area is 112 Å². The van der Waals surface area contributed by atoms with E-state index in [0.717, 1.165) is 17.7 Å². The maximum Gasteiger partial charge on any atom is 0.302 e. The molecule has 5 nitrogen and oxygen atoms in total. The fourth-order valence-corrected chi connectivity index (χ4v) is 1.86. The highest BCUT2D eigenvalue weighted by atomic mass is 16.7. The fraction of sp³-hybridized carbons (Fsp3) is 0.500. The predicted octanol–water partition coefficient (Wildman–Crippen LogP) is 2.06. The fourth-order valence-electron chi connectivity index (χ4n) is 1.86. The monoisotopic (exact) mass is 266 g/mol. The summed E-state index contributed by atoms with van der Waals surface area (Å²) < 4.78 is 21.4. The first-order valence-electron chi connectivity index (χ1n) is 6.23. The normalized spacial score (nSPS) is 22.8. The van der Waals surface area contributed by atoms with Gasteiger partial charge in [0, 0.05) is 18.9 Å². The van der Waals surface area contributed by atoms with E-state index in [9.17, 15) is 4.79 Å². The zero-order chi connectivity index (χ0) is 13.7. The molecule has 0 bridgehead atoms. The summed E-state index contributed by atoms with van der Waals surface area (Å²) in [4.78, 5) is 10.8.